The van der Waals surface area contributed by atoms with Crippen LogP contribution in [0, 0.1) is 0 Å². The molecule has 0 amide bonds. The molecule has 24 heavy (non-hydrogen) atoms. The number of hydrazine groups is 1. The van der Waals surface area contributed by atoms with E-state index in [1.807, 2.05) is 35.3 Å². The summed E-state index contributed by atoms with van der Waals surface area (Å²) in [5, 5.41) is 7.40. The fraction of sp³-hybridized carbons (Fsp3) is 0.438. The number of para-hydroxylation sites is 1. The minimum absolute atomic E-state index is 0.283. The molecule has 2 aromatic rings. The summed E-state index contributed by atoms with van der Waals surface area (Å²) in [4.78, 5) is 13.2. The van der Waals surface area contributed by atoms with Crippen LogP contribution < -0.4 is 15.1 Å². The number of anilines is 3. The van der Waals surface area contributed by atoms with Gasteiger partial charge in [-0.3, -0.25) is 5.01 Å². The lowest BCUT2D eigenvalue weighted by Gasteiger charge is -2.36. The molecule has 1 saturated heterocycles. The summed E-state index contributed by atoms with van der Waals surface area (Å²) in [7, 11) is 1.55. The van der Waals surface area contributed by atoms with Crippen LogP contribution in [-0.4, -0.2) is 59.9 Å². The Bertz CT molecular complexity index is 648. The number of methoxy groups -OCH3 is 1. The second kappa shape index (κ2) is 7.89. The van der Waals surface area contributed by atoms with Gasteiger partial charge in [-0.15, -0.1) is 0 Å². The zero-order valence-electron chi connectivity index (χ0n) is 14.0. The molecule has 1 aliphatic heterocycles. The van der Waals surface area contributed by atoms with Crippen molar-refractivity contribution >= 4 is 17.6 Å². The summed E-state index contributed by atoms with van der Waals surface area (Å²) in [6.07, 6.45) is 0. The number of rotatable bonds is 6. The SMILES string of the molecule is CCN(c1nc(Nc2ccccc2)nc(OC)n1)N1CCOCC1. The maximum Gasteiger partial charge on any atom is 0.322 e. The maximum atomic E-state index is 5.42. The monoisotopic (exact) mass is 330 g/mol. The van der Waals surface area contributed by atoms with E-state index in [-0.39, 0.29) is 6.01 Å². The van der Waals surface area contributed by atoms with Crippen LogP contribution in [0.4, 0.5) is 17.6 Å². The molecule has 0 spiro atoms. The number of nitrogens with one attached hydrogen (secondary N) is 1. The Morgan fingerprint density at radius 2 is 1.92 bits per heavy atom. The van der Waals surface area contributed by atoms with Crippen LogP contribution >= 0.6 is 0 Å². The molecule has 8 nitrogen and oxygen atoms in total. The summed E-state index contributed by atoms with van der Waals surface area (Å²) < 4.78 is 10.7. The Hall–Kier alpha value is -2.45. The molecule has 0 aliphatic carbocycles. The van der Waals surface area contributed by atoms with E-state index in [2.05, 4.69) is 32.2 Å². The molecule has 3 rings (SSSR count). The van der Waals surface area contributed by atoms with Gasteiger partial charge in [0.1, 0.15) is 0 Å². The molecule has 1 fully saturated rings. The number of ether oxygens (including phenoxy) is 2. The molecular formula is C16H22N6O2. The lowest BCUT2D eigenvalue weighted by molar-refractivity contribution is 0.0313. The highest BCUT2D eigenvalue weighted by molar-refractivity contribution is 5.54. The van der Waals surface area contributed by atoms with Crippen molar-refractivity contribution in [1.82, 2.24) is 20.0 Å². The molecule has 128 valence electrons. The van der Waals surface area contributed by atoms with Crippen molar-refractivity contribution in [3.8, 4) is 6.01 Å². The van der Waals surface area contributed by atoms with Crippen molar-refractivity contribution in [3.63, 3.8) is 0 Å². The van der Waals surface area contributed by atoms with Crippen molar-refractivity contribution in [2.24, 2.45) is 0 Å². The van der Waals surface area contributed by atoms with Crippen LogP contribution in [0.15, 0.2) is 30.3 Å². The first kappa shape index (κ1) is 16.4. The molecule has 1 aromatic carbocycles. The molecular weight excluding hydrogens is 308 g/mol. The van der Waals surface area contributed by atoms with Gasteiger partial charge in [0.2, 0.25) is 11.9 Å². The van der Waals surface area contributed by atoms with E-state index in [1.54, 1.807) is 7.11 Å². The highest BCUT2D eigenvalue weighted by Gasteiger charge is 2.21. The Morgan fingerprint density at radius 3 is 2.58 bits per heavy atom. The third-order valence-electron chi connectivity index (χ3n) is 3.67. The zero-order chi connectivity index (χ0) is 16.8. The van der Waals surface area contributed by atoms with Crippen LogP contribution in [0.25, 0.3) is 0 Å². The van der Waals surface area contributed by atoms with E-state index in [4.69, 9.17) is 9.47 Å². The van der Waals surface area contributed by atoms with Gasteiger partial charge in [0.15, 0.2) is 0 Å². The van der Waals surface area contributed by atoms with Gasteiger partial charge in [0.25, 0.3) is 0 Å². The summed E-state index contributed by atoms with van der Waals surface area (Å²) in [6.45, 7) is 5.84. The fourth-order valence-corrected chi connectivity index (χ4v) is 2.52. The number of aromatic nitrogens is 3. The number of morpholine rings is 1. The Labute approximate surface area is 141 Å². The van der Waals surface area contributed by atoms with E-state index < -0.39 is 0 Å². The average molecular weight is 330 g/mol. The first-order valence-corrected chi connectivity index (χ1v) is 8.02. The minimum Gasteiger partial charge on any atom is -0.467 e. The lowest BCUT2D eigenvalue weighted by atomic mass is 10.3. The smallest absolute Gasteiger partial charge is 0.322 e. The van der Waals surface area contributed by atoms with Gasteiger partial charge in [-0.25, -0.2) is 5.01 Å². The van der Waals surface area contributed by atoms with Gasteiger partial charge in [0.05, 0.1) is 20.3 Å². The first-order valence-electron chi connectivity index (χ1n) is 8.02. The molecule has 0 unspecified atom stereocenters. The standard InChI is InChI=1S/C16H22N6O2/c1-3-22(21-9-11-24-12-10-21)15-18-14(19-16(20-15)23-2)17-13-7-5-4-6-8-13/h4-8H,3,9-12H2,1-2H3,(H,17,18,19,20). The van der Waals surface area contributed by atoms with Gasteiger partial charge < -0.3 is 14.8 Å². The number of hydrogen-bond acceptors (Lipinski definition) is 8. The molecule has 0 bridgehead atoms. The van der Waals surface area contributed by atoms with Crippen molar-refractivity contribution in [1.29, 1.82) is 0 Å². The van der Waals surface area contributed by atoms with E-state index in [9.17, 15) is 0 Å². The van der Waals surface area contributed by atoms with Crippen molar-refractivity contribution < 1.29 is 9.47 Å². The minimum atomic E-state index is 0.283. The van der Waals surface area contributed by atoms with Gasteiger partial charge in [-0.1, -0.05) is 18.2 Å². The zero-order valence-corrected chi connectivity index (χ0v) is 14.0. The Kier molecular flexibility index (Phi) is 5.39. The highest BCUT2D eigenvalue weighted by atomic mass is 16.5. The maximum absolute atomic E-state index is 5.42. The van der Waals surface area contributed by atoms with Crippen LogP contribution in [0.2, 0.25) is 0 Å². The fourth-order valence-electron chi connectivity index (χ4n) is 2.52. The van der Waals surface area contributed by atoms with Crippen molar-refractivity contribution in [3.05, 3.63) is 30.3 Å². The largest absolute Gasteiger partial charge is 0.467 e. The molecule has 8 heteroatoms. The predicted octanol–water partition coefficient (Wildman–Crippen LogP) is 1.70. The average Bonchev–Trinajstić information content (AvgIpc) is 2.64. The van der Waals surface area contributed by atoms with E-state index in [0.29, 0.717) is 25.1 Å². The van der Waals surface area contributed by atoms with Crippen LogP contribution in [0.5, 0.6) is 6.01 Å². The van der Waals surface area contributed by atoms with Gasteiger partial charge in [-0.2, -0.15) is 15.0 Å². The van der Waals surface area contributed by atoms with Crippen LogP contribution in [0.3, 0.4) is 0 Å². The van der Waals surface area contributed by atoms with E-state index >= 15 is 0 Å². The third kappa shape index (κ3) is 3.90. The summed E-state index contributed by atoms with van der Waals surface area (Å²) in [5.41, 5.74) is 0.908. The summed E-state index contributed by atoms with van der Waals surface area (Å²) in [5.74, 6) is 1.01. The van der Waals surface area contributed by atoms with Crippen LogP contribution in [0.1, 0.15) is 6.92 Å². The quantitative estimate of drug-likeness (QED) is 0.858. The number of nitrogens with zero attached hydrogens (tertiary/aromatic N) is 5. The molecule has 0 saturated carbocycles. The topological polar surface area (TPSA) is 75.6 Å². The van der Waals surface area contributed by atoms with Crippen LogP contribution in [-0.2, 0) is 4.74 Å². The van der Waals surface area contributed by atoms with E-state index in [0.717, 1.165) is 25.3 Å². The second-order valence-electron chi connectivity index (χ2n) is 5.22. The Morgan fingerprint density at radius 1 is 1.17 bits per heavy atom. The summed E-state index contributed by atoms with van der Waals surface area (Å²) in [6, 6.07) is 10.1. The molecule has 1 N–H and O–H groups in total. The summed E-state index contributed by atoms with van der Waals surface area (Å²) >= 11 is 0. The predicted molar refractivity (Wildman–Crippen MR) is 91.5 cm³/mol. The van der Waals surface area contributed by atoms with Crippen molar-refractivity contribution in [2.75, 3.05) is 50.3 Å². The molecule has 0 radical (unpaired) electrons. The van der Waals surface area contributed by atoms with Gasteiger partial charge >= 0.3 is 6.01 Å². The highest BCUT2D eigenvalue weighted by Crippen LogP contribution is 2.20. The molecule has 0 atom stereocenters. The number of benzene rings is 1. The molecule has 1 aromatic heterocycles. The van der Waals surface area contributed by atoms with Crippen molar-refractivity contribution in [2.45, 2.75) is 6.92 Å². The Balaban J connectivity index is 1.87. The van der Waals surface area contributed by atoms with Gasteiger partial charge in [0, 0.05) is 25.3 Å². The lowest BCUT2D eigenvalue weighted by Crippen LogP contribution is -2.49. The second-order valence-corrected chi connectivity index (χ2v) is 5.22. The van der Waals surface area contributed by atoms with Gasteiger partial charge in [-0.05, 0) is 19.1 Å². The molecule has 1 aliphatic rings. The first-order chi connectivity index (χ1) is 11.8. The number of hydrogen-bond donors (Lipinski definition) is 1. The van der Waals surface area contributed by atoms with E-state index in [1.165, 1.54) is 0 Å². The third-order valence-corrected chi connectivity index (χ3v) is 3.67. The normalized spacial score (nSPS) is 15.1. The molecule has 2 heterocycles.